The van der Waals surface area contributed by atoms with Gasteiger partial charge >= 0.3 is 0 Å². The van der Waals surface area contributed by atoms with E-state index in [1.807, 2.05) is 0 Å². The van der Waals surface area contributed by atoms with E-state index >= 15 is 0 Å². The molecule has 1 unspecified atom stereocenters. The van der Waals surface area contributed by atoms with Crippen LogP contribution in [0, 0.1) is 34.5 Å². The second-order valence-electron chi connectivity index (χ2n) is 11.0. The van der Waals surface area contributed by atoms with Crippen LogP contribution in [-0.2, 0) is 14.4 Å². The SMILES string of the molecule is C[C@]12CCC(NO[C@@H]3CCNC3)=CC1[C@@H](NC=O)C[C@@H]1[C@@H]2CC[C@]2(C)C(=O)CC[C@@H]12. The number of Topliss-reactive ketones (excluding diaryl/α,β-unsaturated/α-hetero) is 1. The molecule has 0 spiro atoms. The van der Waals surface area contributed by atoms with E-state index in [0.29, 0.717) is 29.5 Å². The smallest absolute Gasteiger partial charge is 0.207 e. The van der Waals surface area contributed by atoms with E-state index < -0.39 is 0 Å². The zero-order valence-corrected chi connectivity index (χ0v) is 18.4. The third-order valence-electron chi connectivity index (χ3n) is 9.68. The molecular formula is C24H37N3O3. The van der Waals surface area contributed by atoms with Crippen molar-refractivity contribution >= 4 is 12.2 Å². The molecule has 1 amide bonds. The van der Waals surface area contributed by atoms with Gasteiger partial charge in [-0.15, -0.1) is 0 Å². The second kappa shape index (κ2) is 7.63. The number of fused-ring (bicyclic) bond motifs is 5. The van der Waals surface area contributed by atoms with Crippen LogP contribution in [0.15, 0.2) is 11.8 Å². The highest BCUT2D eigenvalue weighted by Gasteiger charge is 2.61. The molecule has 1 aliphatic heterocycles. The molecular weight excluding hydrogens is 378 g/mol. The lowest BCUT2D eigenvalue weighted by atomic mass is 9.45. The zero-order valence-electron chi connectivity index (χ0n) is 18.4. The molecule has 4 fully saturated rings. The molecule has 1 saturated heterocycles. The Morgan fingerprint density at radius 3 is 2.80 bits per heavy atom. The fourth-order valence-electron chi connectivity index (χ4n) is 7.95. The Bertz CT molecular complexity index is 733. The van der Waals surface area contributed by atoms with Crippen LogP contribution in [0.2, 0.25) is 0 Å². The molecule has 6 nitrogen and oxygen atoms in total. The molecule has 0 bridgehead atoms. The van der Waals surface area contributed by atoms with E-state index in [2.05, 4.69) is 36.0 Å². The Morgan fingerprint density at radius 2 is 2.03 bits per heavy atom. The largest absolute Gasteiger partial charge is 0.355 e. The van der Waals surface area contributed by atoms with E-state index in [0.717, 1.165) is 76.6 Å². The van der Waals surface area contributed by atoms with Gasteiger partial charge in [0.05, 0.1) is 6.10 Å². The van der Waals surface area contributed by atoms with E-state index in [1.54, 1.807) is 0 Å². The molecule has 1 heterocycles. The van der Waals surface area contributed by atoms with Crippen LogP contribution in [0.5, 0.6) is 0 Å². The van der Waals surface area contributed by atoms with Crippen molar-refractivity contribution < 1.29 is 14.4 Å². The monoisotopic (exact) mass is 415 g/mol. The molecule has 0 radical (unpaired) electrons. The Hall–Kier alpha value is -1.40. The van der Waals surface area contributed by atoms with Crippen molar-refractivity contribution in [2.24, 2.45) is 34.5 Å². The van der Waals surface area contributed by atoms with Crippen molar-refractivity contribution in [3.63, 3.8) is 0 Å². The summed E-state index contributed by atoms with van der Waals surface area (Å²) in [5.41, 5.74) is 4.46. The Balaban J connectivity index is 1.39. The highest BCUT2D eigenvalue weighted by Crippen LogP contribution is 2.64. The molecule has 3 N–H and O–H groups in total. The molecule has 3 saturated carbocycles. The highest BCUT2D eigenvalue weighted by molar-refractivity contribution is 5.87. The van der Waals surface area contributed by atoms with Crippen LogP contribution in [0.25, 0.3) is 0 Å². The van der Waals surface area contributed by atoms with Crippen molar-refractivity contribution in [1.82, 2.24) is 16.1 Å². The maximum atomic E-state index is 12.7. The van der Waals surface area contributed by atoms with Gasteiger partial charge < -0.3 is 10.6 Å². The minimum absolute atomic E-state index is 0.129. The standard InChI is InChI=1S/C24H37N3O3/c1-23-8-5-15(27-30-16-7-10-25-13-16)11-20(23)21(26-14-28)12-17-18-3-4-22(29)24(18,2)9-6-19(17)23/h11,14,16-21,25,27H,3-10,12-13H2,1-2H3,(H,26,28)/t16-,17+,18+,19+,20?,21+,23-,24+/m1/s1. The Kier molecular flexibility index (Phi) is 5.21. The molecule has 6 heteroatoms. The van der Waals surface area contributed by atoms with Crippen LogP contribution < -0.4 is 16.1 Å². The molecule has 0 aromatic rings. The van der Waals surface area contributed by atoms with Crippen LogP contribution in [-0.4, -0.2) is 37.4 Å². The number of ketones is 1. The van der Waals surface area contributed by atoms with Gasteiger partial charge in [-0.05, 0) is 74.7 Å². The Labute approximate surface area is 179 Å². The predicted octanol–water partition coefficient (Wildman–Crippen LogP) is 2.70. The second-order valence-corrected chi connectivity index (χ2v) is 11.0. The summed E-state index contributed by atoms with van der Waals surface area (Å²) >= 11 is 0. The Morgan fingerprint density at radius 1 is 1.17 bits per heavy atom. The van der Waals surface area contributed by atoms with Crippen molar-refractivity contribution in [2.45, 2.75) is 77.4 Å². The molecule has 8 atom stereocenters. The number of amides is 1. The highest BCUT2D eigenvalue weighted by atomic mass is 16.7. The van der Waals surface area contributed by atoms with Gasteiger partial charge in [-0.3, -0.25) is 19.9 Å². The molecule has 0 aromatic carbocycles. The first-order valence-corrected chi connectivity index (χ1v) is 12.0. The van der Waals surface area contributed by atoms with E-state index in [1.165, 1.54) is 0 Å². The third-order valence-corrected chi connectivity index (χ3v) is 9.68. The minimum atomic E-state index is -0.129. The van der Waals surface area contributed by atoms with Crippen LogP contribution >= 0.6 is 0 Å². The number of nitrogens with one attached hydrogen (secondary N) is 3. The summed E-state index contributed by atoms with van der Waals surface area (Å²) < 4.78 is 0. The van der Waals surface area contributed by atoms with Gasteiger partial charge in [0, 0.05) is 36.0 Å². The quantitative estimate of drug-likeness (QED) is 0.475. The summed E-state index contributed by atoms with van der Waals surface area (Å²) in [5, 5.41) is 6.51. The molecule has 5 rings (SSSR count). The number of carbonyl (C=O) groups is 2. The van der Waals surface area contributed by atoms with E-state index in [9.17, 15) is 9.59 Å². The van der Waals surface area contributed by atoms with Crippen LogP contribution in [0.4, 0.5) is 0 Å². The first kappa shape index (κ1) is 20.5. The first-order chi connectivity index (χ1) is 14.5. The average Bonchev–Trinajstić information content (AvgIpc) is 3.35. The molecule has 5 aliphatic rings. The van der Waals surface area contributed by atoms with Gasteiger partial charge in [-0.2, -0.15) is 0 Å². The summed E-state index contributed by atoms with van der Waals surface area (Å²) in [6.45, 7) is 6.59. The lowest BCUT2D eigenvalue weighted by Gasteiger charge is -2.60. The van der Waals surface area contributed by atoms with Crippen LogP contribution in [0.3, 0.4) is 0 Å². The molecule has 166 valence electrons. The summed E-state index contributed by atoms with van der Waals surface area (Å²) in [6, 6.07) is 0.136. The van der Waals surface area contributed by atoms with Gasteiger partial charge in [-0.25, -0.2) is 0 Å². The van der Waals surface area contributed by atoms with Crippen molar-refractivity contribution in [2.75, 3.05) is 13.1 Å². The maximum Gasteiger partial charge on any atom is 0.207 e. The minimum Gasteiger partial charge on any atom is -0.355 e. The van der Waals surface area contributed by atoms with Gasteiger partial charge in [0.1, 0.15) is 5.78 Å². The normalized spacial score (nSPS) is 47.7. The summed E-state index contributed by atoms with van der Waals surface area (Å²) in [4.78, 5) is 30.1. The molecule has 30 heavy (non-hydrogen) atoms. The number of hydrogen-bond donors (Lipinski definition) is 3. The van der Waals surface area contributed by atoms with Crippen molar-refractivity contribution in [3.8, 4) is 0 Å². The topological polar surface area (TPSA) is 79.5 Å². The van der Waals surface area contributed by atoms with Crippen molar-refractivity contribution in [3.05, 3.63) is 11.8 Å². The summed E-state index contributed by atoms with van der Waals surface area (Å²) in [6.07, 6.45) is 11.6. The molecule has 0 aromatic heterocycles. The number of allylic oxidation sites excluding steroid dienone is 1. The van der Waals surface area contributed by atoms with Gasteiger partial charge in [0.25, 0.3) is 0 Å². The number of carbonyl (C=O) groups excluding carboxylic acids is 2. The van der Waals surface area contributed by atoms with Gasteiger partial charge in [0.2, 0.25) is 6.41 Å². The first-order valence-electron chi connectivity index (χ1n) is 12.0. The number of hydroxylamine groups is 1. The lowest BCUT2D eigenvalue weighted by Crippen LogP contribution is -2.59. The fraction of sp³-hybridized carbons (Fsp3) is 0.833. The van der Waals surface area contributed by atoms with Crippen molar-refractivity contribution in [1.29, 1.82) is 0 Å². The lowest BCUT2D eigenvalue weighted by molar-refractivity contribution is -0.138. The van der Waals surface area contributed by atoms with Gasteiger partial charge in [0.15, 0.2) is 0 Å². The fourth-order valence-corrected chi connectivity index (χ4v) is 7.95. The average molecular weight is 416 g/mol. The predicted molar refractivity (Wildman–Crippen MR) is 114 cm³/mol. The van der Waals surface area contributed by atoms with E-state index in [4.69, 9.17) is 4.84 Å². The van der Waals surface area contributed by atoms with E-state index in [-0.39, 0.29) is 23.0 Å². The third kappa shape index (κ3) is 3.13. The zero-order chi connectivity index (χ0) is 20.9. The maximum absolute atomic E-state index is 12.7. The molecule has 4 aliphatic carbocycles. The number of rotatable bonds is 5. The van der Waals surface area contributed by atoms with Crippen LogP contribution in [0.1, 0.15) is 65.2 Å². The van der Waals surface area contributed by atoms with Gasteiger partial charge in [-0.1, -0.05) is 19.9 Å². The summed E-state index contributed by atoms with van der Waals surface area (Å²) in [7, 11) is 0. The number of hydrogen-bond acceptors (Lipinski definition) is 5. The summed E-state index contributed by atoms with van der Waals surface area (Å²) in [5.74, 6) is 2.45.